The predicted octanol–water partition coefficient (Wildman–Crippen LogP) is 2.05. The molecule has 1 aliphatic heterocycles. The van der Waals surface area contributed by atoms with Gasteiger partial charge in [-0.15, -0.1) is 0 Å². The van der Waals surface area contributed by atoms with E-state index in [-0.39, 0.29) is 29.8 Å². The summed E-state index contributed by atoms with van der Waals surface area (Å²) < 4.78 is 20.6. The van der Waals surface area contributed by atoms with Crippen LogP contribution in [0.25, 0.3) is 0 Å². The van der Waals surface area contributed by atoms with Gasteiger partial charge in [-0.1, -0.05) is 18.2 Å². The number of nitrogens with one attached hydrogen (secondary N) is 2. The summed E-state index contributed by atoms with van der Waals surface area (Å²) in [5.74, 6) is -0.811. The Bertz CT molecular complexity index is 850. The van der Waals surface area contributed by atoms with E-state index in [0.717, 1.165) is 18.5 Å². The zero-order valence-electron chi connectivity index (χ0n) is 16.0. The van der Waals surface area contributed by atoms with Gasteiger partial charge < -0.3 is 19.9 Å². The Morgan fingerprint density at radius 3 is 2.82 bits per heavy atom. The Morgan fingerprint density at radius 1 is 1.21 bits per heavy atom. The lowest BCUT2D eigenvalue weighted by molar-refractivity contribution is 0.0932. The molecule has 0 atom stereocenters. The van der Waals surface area contributed by atoms with Gasteiger partial charge in [0.15, 0.2) is 5.82 Å². The summed E-state index contributed by atoms with van der Waals surface area (Å²) in [6, 6.07) is 6.29. The number of carbonyl (C=O) groups excluding carboxylic acids is 2. The molecule has 2 N–H and O–H groups in total. The average Bonchev–Trinajstić information content (AvgIpc) is 3.10. The Morgan fingerprint density at radius 2 is 2.04 bits per heavy atom. The van der Waals surface area contributed by atoms with Gasteiger partial charge in [0.2, 0.25) is 0 Å². The van der Waals surface area contributed by atoms with E-state index in [4.69, 9.17) is 4.74 Å². The molecule has 7 nitrogen and oxygen atoms in total. The molecular formula is C20H25FN4O3. The second kappa shape index (κ2) is 9.45. The molecule has 2 aromatic rings. The largest absolute Gasteiger partial charge is 0.385 e. The zero-order chi connectivity index (χ0) is 19.9. The van der Waals surface area contributed by atoms with E-state index >= 15 is 0 Å². The van der Waals surface area contributed by atoms with Crippen LogP contribution in [0.4, 0.5) is 4.39 Å². The van der Waals surface area contributed by atoms with Gasteiger partial charge >= 0.3 is 0 Å². The van der Waals surface area contributed by atoms with E-state index in [1.165, 1.54) is 6.07 Å². The maximum atomic E-state index is 13.8. The molecule has 1 aliphatic rings. The number of fused-ring (bicyclic) bond motifs is 1. The van der Waals surface area contributed by atoms with E-state index in [0.29, 0.717) is 38.1 Å². The van der Waals surface area contributed by atoms with Crippen LogP contribution in [0.1, 0.15) is 51.6 Å². The van der Waals surface area contributed by atoms with Gasteiger partial charge in [0.25, 0.3) is 11.8 Å². The van der Waals surface area contributed by atoms with Crippen molar-refractivity contribution in [2.75, 3.05) is 20.3 Å². The lowest BCUT2D eigenvalue weighted by atomic mass is 10.1. The minimum absolute atomic E-state index is 0.0658. The number of carbonyl (C=O) groups is 2. The number of imidazole rings is 1. The van der Waals surface area contributed by atoms with Gasteiger partial charge in [0, 0.05) is 38.9 Å². The van der Waals surface area contributed by atoms with Crippen LogP contribution in [-0.2, 0) is 24.2 Å². The number of amides is 2. The molecule has 2 amide bonds. The number of benzene rings is 1. The summed E-state index contributed by atoms with van der Waals surface area (Å²) in [6.45, 7) is 1.76. The fraction of sp³-hybridized carbons (Fsp3) is 0.450. The third-order valence-electron chi connectivity index (χ3n) is 4.74. The van der Waals surface area contributed by atoms with Gasteiger partial charge in [0.05, 0.1) is 5.69 Å². The van der Waals surface area contributed by atoms with E-state index in [9.17, 15) is 14.0 Å². The summed E-state index contributed by atoms with van der Waals surface area (Å²) in [5.41, 5.74) is 1.41. The van der Waals surface area contributed by atoms with E-state index in [2.05, 4.69) is 15.6 Å². The van der Waals surface area contributed by atoms with Crippen molar-refractivity contribution < 1.29 is 18.7 Å². The minimum atomic E-state index is -0.396. The highest BCUT2D eigenvalue weighted by Crippen LogP contribution is 2.21. The van der Waals surface area contributed by atoms with Crippen molar-refractivity contribution in [3.05, 3.63) is 52.9 Å². The maximum absolute atomic E-state index is 13.8. The number of hydrogen-bond acceptors (Lipinski definition) is 4. The molecule has 0 radical (unpaired) electrons. The SMILES string of the molecule is COCCCNC(=O)c1nc(C(=O)NCc2ccccc2F)c2n1CCCC2. The van der Waals surface area contributed by atoms with Crippen LogP contribution in [0.15, 0.2) is 24.3 Å². The Hall–Kier alpha value is -2.74. The molecular weight excluding hydrogens is 363 g/mol. The maximum Gasteiger partial charge on any atom is 0.287 e. The highest BCUT2D eigenvalue weighted by Gasteiger charge is 2.27. The first-order valence-electron chi connectivity index (χ1n) is 9.50. The smallest absolute Gasteiger partial charge is 0.287 e. The summed E-state index contributed by atoms with van der Waals surface area (Å²) in [6.07, 6.45) is 3.26. The molecule has 28 heavy (non-hydrogen) atoms. The Kier molecular flexibility index (Phi) is 6.76. The third-order valence-corrected chi connectivity index (χ3v) is 4.74. The van der Waals surface area contributed by atoms with Crippen molar-refractivity contribution in [1.29, 1.82) is 0 Å². The molecule has 0 aliphatic carbocycles. The van der Waals surface area contributed by atoms with Crippen LogP contribution in [0.2, 0.25) is 0 Å². The molecule has 0 spiro atoms. The van der Waals surface area contributed by atoms with Crippen molar-refractivity contribution in [1.82, 2.24) is 20.2 Å². The lowest BCUT2D eigenvalue weighted by Crippen LogP contribution is -2.29. The first-order valence-corrected chi connectivity index (χ1v) is 9.50. The second-order valence-electron chi connectivity index (χ2n) is 6.72. The number of hydrogen-bond donors (Lipinski definition) is 2. The first-order chi connectivity index (χ1) is 13.6. The van der Waals surface area contributed by atoms with Crippen LogP contribution >= 0.6 is 0 Å². The predicted molar refractivity (Wildman–Crippen MR) is 102 cm³/mol. The topological polar surface area (TPSA) is 85.2 Å². The minimum Gasteiger partial charge on any atom is -0.385 e. The number of methoxy groups -OCH3 is 1. The molecule has 3 rings (SSSR count). The summed E-state index contributed by atoms with van der Waals surface area (Å²) in [5, 5.41) is 5.53. The fourth-order valence-electron chi connectivity index (χ4n) is 3.30. The van der Waals surface area contributed by atoms with Crippen molar-refractivity contribution in [2.45, 2.75) is 38.8 Å². The molecule has 0 saturated heterocycles. The molecule has 2 heterocycles. The summed E-state index contributed by atoms with van der Waals surface area (Å²) in [4.78, 5) is 29.5. The van der Waals surface area contributed by atoms with Gasteiger partial charge in [-0.25, -0.2) is 9.37 Å². The van der Waals surface area contributed by atoms with Crippen LogP contribution in [0.3, 0.4) is 0 Å². The molecule has 0 saturated carbocycles. The molecule has 0 fully saturated rings. The number of halogens is 1. The highest BCUT2D eigenvalue weighted by atomic mass is 19.1. The molecule has 1 aromatic carbocycles. The van der Waals surface area contributed by atoms with Crippen LogP contribution in [0, 0.1) is 5.82 Å². The fourth-order valence-corrected chi connectivity index (χ4v) is 3.30. The highest BCUT2D eigenvalue weighted by molar-refractivity contribution is 5.97. The van der Waals surface area contributed by atoms with Gasteiger partial charge in [-0.3, -0.25) is 9.59 Å². The Balaban J connectivity index is 1.73. The van der Waals surface area contributed by atoms with Gasteiger partial charge in [-0.2, -0.15) is 0 Å². The standard InChI is InChI=1S/C20H25FN4O3/c1-28-12-6-10-22-20(27)18-24-17(16-9-4-5-11-25(16)18)19(26)23-13-14-7-2-3-8-15(14)21/h2-3,7-8H,4-6,9-13H2,1H3,(H,22,27)(H,23,26). The molecule has 8 heteroatoms. The summed E-state index contributed by atoms with van der Waals surface area (Å²) in [7, 11) is 1.61. The van der Waals surface area contributed by atoms with Gasteiger partial charge in [-0.05, 0) is 31.7 Å². The normalized spacial score (nSPS) is 13.1. The quantitative estimate of drug-likeness (QED) is 0.678. The average molecular weight is 388 g/mol. The first kappa shape index (κ1) is 20.0. The Labute approximate surface area is 163 Å². The van der Waals surface area contributed by atoms with Crippen LogP contribution in [0.5, 0.6) is 0 Å². The second-order valence-corrected chi connectivity index (χ2v) is 6.72. The molecule has 1 aromatic heterocycles. The van der Waals surface area contributed by atoms with Gasteiger partial charge in [0.1, 0.15) is 11.5 Å². The van der Waals surface area contributed by atoms with Crippen LogP contribution < -0.4 is 10.6 Å². The van der Waals surface area contributed by atoms with Crippen molar-refractivity contribution in [2.24, 2.45) is 0 Å². The third kappa shape index (κ3) is 4.56. The summed E-state index contributed by atoms with van der Waals surface area (Å²) >= 11 is 0. The monoisotopic (exact) mass is 388 g/mol. The molecule has 0 bridgehead atoms. The number of nitrogens with zero attached hydrogens (tertiary/aromatic N) is 2. The number of rotatable bonds is 8. The van der Waals surface area contributed by atoms with Crippen molar-refractivity contribution >= 4 is 11.8 Å². The molecule has 150 valence electrons. The van der Waals surface area contributed by atoms with Crippen molar-refractivity contribution in [3.63, 3.8) is 0 Å². The van der Waals surface area contributed by atoms with Crippen molar-refractivity contribution in [3.8, 4) is 0 Å². The van der Waals surface area contributed by atoms with Crippen LogP contribution in [-0.4, -0.2) is 41.6 Å². The number of ether oxygens (including phenoxy) is 1. The zero-order valence-corrected chi connectivity index (χ0v) is 16.0. The lowest BCUT2D eigenvalue weighted by Gasteiger charge is -2.17. The van der Waals surface area contributed by atoms with E-state index in [1.807, 2.05) is 4.57 Å². The van der Waals surface area contributed by atoms with E-state index in [1.54, 1.807) is 25.3 Å². The molecule has 0 unspecified atom stereocenters. The van der Waals surface area contributed by atoms with E-state index < -0.39 is 5.91 Å². The number of aromatic nitrogens is 2.